The third kappa shape index (κ3) is 7.46. The number of ether oxygens (including phenoxy) is 1. The van der Waals surface area contributed by atoms with Crippen molar-refractivity contribution in [1.82, 2.24) is 20.4 Å². The van der Waals surface area contributed by atoms with Crippen LogP contribution in [-0.4, -0.2) is 80.3 Å². The summed E-state index contributed by atoms with van der Waals surface area (Å²) >= 11 is 0. The van der Waals surface area contributed by atoms with Crippen molar-refractivity contribution >= 4 is 36.0 Å². The van der Waals surface area contributed by atoms with E-state index in [0.29, 0.717) is 6.04 Å². The maximum atomic E-state index is 11.9. The smallest absolute Gasteiger partial charge is 0.407 e. The Bertz CT molecular complexity index is 486. The quantitative estimate of drug-likeness (QED) is 0.358. The SMILES string of the molecule is CN=C(NCC(C1CC1)N(C)C)N1CCC(NC(=O)OC(C)(C)C)C1.I. The van der Waals surface area contributed by atoms with Gasteiger partial charge >= 0.3 is 6.09 Å². The van der Waals surface area contributed by atoms with Crippen molar-refractivity contribution in [3.63, 3.8) is 0 Å². The standard InChI is InChI=1S/C18H35N5O2.HI/c1-18(2,3)25-17(24)21-14-9-10-23(12-14)16(19-4)20-11-15(22(5)6)13-7-8-13;/h13-15H,7-12H2,1-6H3,(H,19,20)(H,21,24);1H. The highest BCUT2D eigenvalue weighted by Crippen LogP contribution is 2.34. The Morgan fingerprint density at radius 3 is 2.46 bits per heavy atom. The maximum Gasteiger partial charge on any atom is 0.407 e. The molecule has 0 bridgehead atoms. The number of amides is 1. The number of nitrogens with zero attached hydrogens (tertiary/aromatic N) is 3. The van der Waals surface area contributed by atoms with Crippen LogP contribution >= 0.6 is 24.0 Å². The molecule has 7 nitrogen and oxygen atoms in total. The molecule has 0 radical (unpaired) electrons. The Kier molecular flexibility index (Phi) is 8.92. The minimum Gasteiger partial charge on any atom is -0.444 e. The van der Waals surface area contributed by atoms with Gasteiger partial charge in [-0.25, -0.2) is 4.79 Å². The van der Waals surface area contributed by atoms with Gasteiger partial charge in [0.25, 0.3) is 0 Å². The second kappa shape index (κ2) is 9.96. The summed E-state index contributed by atoms with van der Waals surface area (Å²) in [5.41, 5.74) is -0.468. The molecular formula is C18H36IN5O2. The molecule has 1 aliphatic heterocycles. The number of carbonyl (C=O) groups is 1. The number of guanidine groups is 1. The van der Waals surface area contributed by atoms with E-state index in [9.17, 15) is 4.79 Å². The minimum absolute atomic E-state index is 0. The largest absolute Gasteiger partial charge is 0.444 e. The van der Waals surface area contributed by atoms with Gasteiger partial charge < -0.3 is 25.2 Å². The molecule has 26 heavy (non-hydrogen) atoms. The molecule has 2 rings (SSSR count). The summed E-state index contributed by atoms with van der Waals surface area (Å²) in [7, 11) is 6.10. The Balaban J connectivity index is 0.00000338. The molecule has 0 spiro atoms. The molecule has 152 valence electrons. The predicted octanol–water partition coefficient (Wildman–Crippen LogP) is 2.12. The first-order valence-corrected chi connectivity index (χ1v) is 9.31. The number of hydrogen-bond donors (Lipinski definition) is 2. The first kappa shape index (κ1) is 23.3. The van der Waals surface area contributed by atoms with Gasteiger partial charge in [-0.05, 0) is 60.0 Å². The van der Waals surface area contributed by atoms with E-state index in [2.05, 4.69) is 39.5 Å². The molecule has 2 N–H and O–H groups in total. The van der Waals surface area contributed by atoms with Crippen molar-refractivity contribution in [3.8, 4) is 0 Å². The number of aliphatic imine (C=N–C) groups is 1. The van der Waals surface area contributed by atoms with E-state index < -0.39 is 5.60 Å². The van der Waals surface area contributed by atoms with Gasteiger partial charge in [0.15, 0.2) is 5.96 Å². The molecule has 0 aromatic heterocycles. The summed E-state index contributed by atoms with van der Waals surface area (Å²) in [6.07, 6.45) is 3.21. The van der Waals surface area contributed by atoms with Crippen molar-refractivity contribution in [1.29, 1.82) is 0 Å². The van der Waals surface area contributed by atoms with Crippen LogP contribution in [0.2, 0.25) is 0 Å². The van der Waals surface area contributed by atoms with E-state index in [1.54, 1.807) is 0 Å². The highest BCUT2D eigenvalue weighted by atomic mass is 127. The van der Waals surface area contributed by atoms with E-state index >= 15 is 0 Å². The average Bonchev–Trinajstić information content (AvgIpc) is 3.21. The zero-order valence-corrected chi connectivity index (χ0v) is 19.4. The predicted molar refractivity (Wildman–Crippen MR) is 116 cm³/mol. The molecule has 1 aliphatic carbocycles. The second-order valence-corrected chi connectivity index (χ2v) is 8.37. The van der Waals surface area contributed by atoms with Crippen molar-refractivity contribution < 1.29 is 9.53 Å². The third-order valence-electron chi connectivity index (χ3n) is 4.72. The van der Waals surface area contributed by atoms with E-state index in [0.717, 1.165) is 37.9 Å². The molecule has 1 saturated carbocycles. The van der Waals surface area contributed by atoms with Gasteiger partial charge in [-0.1, -0.05) is 0 Å². The van der Waals surface area contributed by atoms with Gasteiger partial charge in [0.1, 0.15) is 5.60 Å². The fourth-order valence-corrected chi connectivity index (χ4v) is 3.32. The molecule has 0 aromatic carbocycles. The van der Waals surface area contributed by atoms with Crippen LogP contribution in [0.15, 0.2) is 4.99 Å². The van der Waals surface area contributed by atoms with E-state index in [-0.39, 0.29) is 36.1 Å². The second-order valence-electron chi connectivity index (χ2n) is 8.37. The van der Waals surface area contributed by atoms with Gasteiger partial charge in [-0.3, -0.25) is 4.99 Å². The van der Waals surface area contributed by atoms with Crippen LogP contribution in [0, 0.1) is 5.92 Å². The lowest BCUT2D eigenvalue weighted by Crippen LogP contribution is -2.48. The summed E-state index contributed by atoms with van der Waals surface area (Å²) < 4.78 is 5.34. The fraction of sp³-hybridized carbons (Fsp3) is 0.889. The molecule has 2 aliphatic rings. The topological polar surface area (TPSA) is 69.2 Å². The summed E-state index contributed by atoms with van der Waals surface area (Å²) in [5, 5.41) is 6.48. The number of likely N-dealkylation sites (N-methyl/N-ethyl adjacent to an activating group) is 1. The van der Waals surface area contributed by atoms with Crippen molar-refractivity contribution in [3.05, 3.63) is 0 Å². The number of hydrogen-bond acceptors (Lipinski definition) is 4. The normalized spacial score (nSPS) is 22.0. The van der Waals surface area contributed by atoms with Crippen molar-refractivity contribution in [2.24, 2.45) is 10.9 Å². The Morgan fingerprint density at radius 1 is 1.31 bits per heavy atom. The zero-order valence-electron chi connectivity index (χ0n) is 17.0. The minimum atomic E-state index is -0.468. The van der Waals surface area contributed by atoms with Crippen LogP contribution in [0.4, 0.5) is 4.79 Å². The first-order valence-electron chi connectivity index (χ1n) is 9.31. The fourth-order valence-electron chi connectivity index (χ4n) is 3.32. The van der Waals surface area contributed by atoms with E-state index in [1.807, 2.05) is 27.8 Å². The van der Waals surface area contributed by atoms with Crippen molar-refractivity contribution in [2.75, 3.05) is 40.8 Å². The van der Waals surface area contributed by atoms with Crippen molar-refractivity contribution in [2.45, 2.75) is 57.7 Å². The van der Waals surface area contributed by atoms with Crippen LogP contribution in [0.25, 0.3) is 0 Å². The number of nitrogens with one attached hydrogen (secondary N) is 2. The summed E-state index contributed by atoms with van der Waals surface area (Å²) in [6.45, 7) is 8.18. The number of likely N-dealkylation sites (tertiary alicyclic amines) is 1. The molecule has 2 atom stereocenters. The van der Waals surface area contributed by atoms with Crippen LogP contribution in [-0.2, 0) is 4.74 Å². The van der Waals surface area contributed by atoms with Gasteiger partial charge in [0, 0.05) is 32.7 Å². The Labute approximate surface area is 175 Å². The highest BCUT2D eigenvalue weighted by Gasteiger charge is 2.33. The van der Waals surface area contributed by atoms with E-state index in [1.165, 1.54) is 12.8 Å². The summed E-state index contributed by atoms with van der Waals surface area (Å²) in [4.78, 5) is 20.9. The molecule has 1 heterocycles. The van der Waals surface area contributed by atoms with Crippen LogP contribution < -0.4 is 10.6 Å². The molecule has 2 unspecified atom stereocenters. The lowest BCUT2D eigenvalue weighted by molar-refractivity contribution is 0.0507. The Morgan fingerprint density at radius 2 is 1.96 bits per heavy atom. The summed E-state index contributed by atoms with van der Waals surface area (Å²) in [5.74, 6) is 1.72. The van der Waals surface area contributed by atoms with Gasteiger partial charge in [0.2, 0.25) is 0 Å². The van der Waals surface area contributed by atoms with Crippen LogP contribution in [0.3, 0.4) is 0 Å². The molecular weight excluding hydrogens is 445 g/mol. The van der Waals surface area contributed by atoms with Gasteiger partial charge in [0.05, 0.1) is 6.04 Å². The molecule has 0 aromatic rings. The lowest BCUT2D eigenvalue weighted by atomic mass is 10.1. The first-order chi connectivity index (χ1) is 11.7. The summed E-state index contributed by atoms with van der Waals surface area (Å²) in [6, 6.07) is 0.650. The number of rotatable bonds is 5. The number of carbonyl (C=O) groups excluding carboxylic acids is 1. The monoisotopic (exact) mass is 481 g/mol. The van der Waals surface area contributed by atoms with Gasteiger partial charge in [-0.2, -0.15) is 0 Å². The number of halogens is 1. The average molecular weight is 481 g/mol. The molecule has 8 heteroatoms. The highest BCUT2D eigenvalue weighted by molar-refractivity contribution is 14.0. The Hall–Kier alpha value is -0.770. The zero-order chi connectivity index (χ0) is 18.6. The molecule has 1 saturated heterocycles. The molecule has 1 amide bonds. The maximum absolute atomic E-state index is 11.9. The van der Waals surface area contributed by atoms with Crippen LogP contribution in [0.5, 0.6) is 0 Å². The lowest BCUT2D eigenvalue weighted by Gasteiger charge is -2.28. The van der Waals surface area contributed by atoms with Crippen LogP contribution in [0.1, 0.15) is 40.0 Å². The number of alkyl carbamates (subject to hydrolysis) is 1. The third-order valence-corrected chi connectivity index (χ3v) is 4.72. The molecule has 2 fully saturated rings. The van der Waals surface area contributed by atoms with E-state index in [4.69, 9.17) is 4.74 Å². The van der Waals surface area contributed by atoms with Gasteiger partial charge in [-0.15, -0.1) is 24.0 Å².